The second-order valence-electron chi connectivity index (χ2n) is 3.07. The molecule has 1 nitrogen and oxygen atoms in total. The lowest BCUT2D eigenvalue weighted by atomic mass is 10.2. The van der Waals surface area contributed by atoms with Crippen LogP contribution in [0.2, 0.25) is 0 Å². The van der Waals surface area contributed by atoms with Gasteiger partial charge in [-0.1, -0.05) is 0 Å². The zero-order valence-corrected chi connectivity index (χ0v) is 11.1. The molecule has 1 N–H and O–H groups in total. The van der Waals surface area contributed by atoms with E-state index in [0.29, 0.717) is 13.0 Å². The van der Waals surface area contributed by atoms with E-state index in [4.69, 9.17) is 0 Å². The zero-order chi connectivity index (χ0) is 10.6. The molecule has 0 aliphatic carbocycles. The van der Waals surface area contributed by atoms with Crippen molar-refractivity contribution in [3.63, 3.8) is 0 Å². The molecular formula is C10H12Br2FN. The first kappa shape index (κ1) is 12.0. The minimum absolute atomic E-state index is 0.284. The summed E-state index contributed by atoms with van der Waals surface area (Å²) in [5, 5.41) is 3.18. The minimum atomic E-state index is -0.284. The van der Waals surface area contributed by atoms with Gasteiger partial charge in [0.1, 0.15) is 0 Å². The maximum atomic E-state index is 11.9. The van der Waals surface area contributed by atoms with Crippen molar-refractivity contribution in [3.05, 3.63) is 26.6 Å². The first-order valence-corrected chi connectivity index (χ1v) is 5.99. The number of anilines is 1. The van der Waals surface area contributed by atoms with E-state index < -0.39 is 0 Å². The van der Waals surface area contributed by atoms with Gasteiger partial charge in [-0.15, -0.1) is 0 Å². The van der Waals surface area contributed by atoms with Gasteiger partial charge >= 0.3 is 0 Å². The van der Waals surface area contributed by atoms with Crippen molar-refractivity contribution >= 4 is 37.5 Å². The summed E-state index contributed by atoms with van der Waals surface area (Å²) in [5.74, 6) is 0. The fourth-order valence-electron chi connectivity index (χ4n) is 1.15. The minimum Gasteiger partial charge on any atom is -0.383 e. The van der Waals surface area contributed by atoms with Crippen LogP contribution in [0, 0.1) is 6.92 Å². The summed E-state index contributed by atoms with van der Waals surface area (Å²) in [7, 11) is 0. The molecule has 0 saturated carbocycles. The molecule has 0 radical (unpaired) electrons. The van der Waals surface area contributed by atoms with E-state index in [9.17, 15) is 4.39 Å². The summed E-state index contributed by atoms with van der Waals surface area (Å²) < 4.78 is 13.9. The van der Waals surface area contributed by atoms with E-state index >= 15 is 0 Å². The number of hydrogen-bond donors (Lipinski definition) is 1. The Kier molecular flexibility index (Phi) is 4.89. The molecule has 0 aromatic heterocycles. The first-order chi connectivity index (χ1) is 6.65. The standard InChI is InChI=1S/C10H12Br2FN/c1-7-5-8(11)10(9(12)6-7)14-4-2-3-13/h5-6,14H,2-4H2,1H3. The summed E-state index contributed by atoms with van der Waals surface area (Å²) in [5.41, 5.74) is 2.17. The van der Waals surface area contributed by atoms with Gasteiger partial charge in [-0.2, -0.15) is 0 Å². The van der Waals surface area contributed by atoms with Gasteiger partial charge in [0.05, 0.1) is 12.4 Å². The van der Waals surface area contributed by atoms with E-state index in [2.05, 4.69) is 37.2 Å². The number of hydrogen-bond acceptors (Lipinski definition) is 1. The Morgan fingerprint density at radius 2 is 1.86 bits per heavy atom. The topological polar surface area (TPSA) is 12.0 Å². The van der Waals surface area contributed by atoms with Crippen LogP contribution in [0.1, 0.15) is 12.0 Å². The van der Waals surface area contributed by atoms with Gasteiger partial charge in [-0.3, -0.25) is 4.39 Å². The summed E-state index contributed by atoms with van der Waals surface area (Å²) in [6, 6.07) is 4.06. The molecule has 0 saturated heterocycles. The van der Waals surface area contributed by atoms with E-state index in [0.717, 1.165) is 14.6 Å². The number of halogens is 3. The van der Waals surface area contributed by atoms with Crippen LogP contribution < -0.4 is 5.32 Å². The van der Waals surface area contributed by atoms with E-state index in [1.54, 1.807) is 0 Å². The number of nitrogens with one attached hydrogen (secondary N) is 1. The largest absolute Gasteiger partial charge is 0.383 e. The highest BCUT2D eigenvalue weighted by Gasteiger charge is 2.04. The van der Waals surface area contributed by atoms with Crippen LogP contribution in [-0.2, 0) is 0 Å². The smallest absolute Gasteiger partial charge is 0.0911 e. The van der Waals surface area contributed by atoms with Crippen molar-refractivity contribution in [2.45, 2.75) is 13.3 Å². The molecule has 0 aliphatic heterocycles. The normalized spacial score (nSPS) is 10.3. The highest BCUT2D eigenvalue weighted by molar-refractivity contribution is 9.11. The number of aryl methyl sites for hydroxylation is 1. The van der Waals surface area contributed by atoms with Crippen molar-refractivity contribution < 1.29 is 4.39 Å². The molecule has 0 heterocycles. The Morgan fingerprint density at radius 1 is 1.29 bits per heavy atom. The fourth-order valence-corrected chi connectivity index (χ4v) is 2.84. The van der Waals surface area contributed by atoms with Crippen molar-refractivity contribution in [2.75, 3.05) is 18.5 Å². The average molecular weight is 325 g/mol. The molecule has 78 valence electrons. The molecule has 4 heteroatoms. The van der Waals surface area contributed by atoms with Gasteiger partial charge in [0, 0.05) is 15.5 Å². The van der Waals surface area contributed by atoms with E-state index in [1.807, 2.05) is 19.1 Å². The van der Waals surface area contributed by atoms with Crippen molar-refractivity contribution in [2.24, 2.45) is 0 Å². The van der Waals surface area contributed by atoms with Crippen LogP contribution in [0.5, 0.6) is 0 Å². The van der Waals surface area contributed by atoms with Gasteiger partial charge in [0.25, 0.3) is 0 Å². The lowest BCUT2D eigenvalue weighted by Crippen LogP contribution is -2.03. The quantitative estimate of drug-likeness (QED) is 0.815. The Hall–Kier alpha value is -0.0900. The maximum Gasteiger partial charge on any atom is 0.0911 e. The van der Waals surface area contributed by atoms with Crippen molar-refractivity contribution in [1.29, 1.82) is 0 Å². The molecule has 1 aromatic rings. The second-order valence-corrected chi connectivity index (χ2v) is 4.78. The fraction of sp³-hybridized carbons (Fsp3) is 0.400. The molecular weight excluding hydrogens is 313 g/mol. The molecule has 0 bridgehead atoms. The SMILES string of the molecule is Cc1cc(Br)c(NCCCF)c(Br)c1. The summed E-state index contributed by atoms with van der Waals surface area (Å²) in [4.78, 5) is 0. The van der Waals surface area contributed by atoms with Gasteiger partial charge in [-0.05, 0) is 62.9 Å². The third-order valence-corrected chi connectivity index (χ3v) is 3.05. The number of rotatable bonds is 4. The predicted octanol–water partition coefficient (Wildman–Crippen LogP) is 4.29. The maximum absolute atomic E-state index is 11.9. The molecule has 0 unspecified atom stereocenters. The Morgan fingerprint density at radius 3 is 2.36 bits per heavy atom. The predicted molar refractivity (Wildman–Crippen MR) is 65.7 cm³/mol. The summed E-state index contributed by atoms with van der Waals surface area (Å²) in [6.45, 7) is 2.39. The monoisotopic (exact) mass is 323 g/mol. The van der Waals surface area contributed by atoms with Crippen LogP contribution in [0.3, 0.4) is 0 Å². The Labute approximate surface area is 100 Å². The molecule has 0 spiro atoms. The molecule has 0 aliphatic rings. The molecule has 0 amide bonds. The summed E-state index contributed by atoms with van der Waals surface area (Å²) >= 11 is 6.93. The van der Waals surface area contributed by atoms with Gasteiger partial charge in [0.2, 0.25) is 0 Å². The van der Waals surface area contributed by atoms with Crippen molar-refractivity contribution in [3.8, 4) is 0 Å². The highest BCUT2D eigenvalue weighted by atomic mass is 79.9. The molecule has 14 heavy (non-hydrogen) atoms. The Bertz CT molecular complexity index is 292. The molecule has 1 aromatic carbocycles. The lowest BCUT2D eigenvalue weighted by Gasteiger charge is -2.10. The summed E-state index contributed by atoms with van der Waals surface area (Å²) in [6.07, 6.45) is 0.534. The van der Waals surface area contributed by atoms with Gasteiger partial charge < -0.3 is 5.32 Å². The van der Waals surface area contributed by atoms with Crippen molar-refractivity contribution in [1.82, 2.24) is 0 Å². The van der Waals surface area contributed by atoms with Crippen LogP contribution in [0.4, 0.5) is 10.1 Å². The zero-order valence-electron chi connectivity index (χ0n) is 7.91. The van der Waals surface area contributed by atoms with E-state index in [1.165, 1.54) is 5.56 Å². The van der Waals surface area contributed by atoms with Gasteiger partial charge in [-0.25, -0.2) is 0 Å². The second kappa shape index (κ2) is 5.71. The Balaban J connectivity index is 2.75. The van der Waals surface area contributed by atoms with Crippen LogP contribution in [-0.4, -0.2) is 13.2 Å². The molecule has 0 fully saturated rings. The lowest BCUT2D eigenvalue weighted by molar-refractivity contribution is 0.481. The van der Waals surface area contributed by atoms with Gasteiger partial charge in [0.15, 0.2) is 0 Å². The third kappa shape index (κ3) is 3.24. The highest BCUT2D eigenvalue weighted by Crippen LogP contribution is 2.32. The number of benzene rings is 1. The number of alkyl halides is 1. The van der Waals surface area contributed by atoms with E-state index in [-0.39, 0.29) is 6.67 Å². The molecule has 1 rings (SSSR count). The van der Waals surface area contributed by atoms with Crippen LogP contribution in [0.15, 0.2) is 21.1 Å². The first-order valence-electron chi connectivity index (χ1n) is 4.40. The van der Waals surface area contributed by atoms with Crippen LogP contribution >= 0.6 is 31.9 Å². The average Bonchev–Trinajstić information content (AvgIpc) is 2.09. The molecule has 0 atom stereocenters. The van der Waals surface area contributed by atoms with Crippen LogP contribution in [0.25, 0.3) is 0 Å². The third-order valence-electron chi connectivity index (χ3n) is 1.80.